The summed E-state index contributed by atoms with van der Waals surface area (Å²) >= 11 is 0. The van der Waals surface area contributed by atoms with Crippen LogP contribution >= 0.6 is 0 Å². The van der Waals surface area contributed by atoms with Crippen LogP contribution in [0.2, 0.25) is 0 Å². The summed E-state index contributed by atoms with van der Waals surface area (Å²) in [6.07, 6.45) is 1.03. The van der Waals surface area contributed by atoms with Gasteiger partial charge in [-0.2, -0.15) is 5.10 Å². The molecule has 0 bridgehead atoms. The topological polar surface area (TPSA) is 72.9 Å². The summed E-state index contributed by atoms with van der Waals surface area (Å²) in [6, 6.07) is 21.8. The number of hydrogen-bond acceptors (Lipinski definition) is 6. The highest BCUT2D eigenvalue weighted by Crippen LogP contribution is 2.32. The first-order valence-electron chi connectivity index (χ1n) is 12.8. The summed E-state index contributed by atoms with van der Waals surface area (Å²) in [4.78, 5) is 2.14. The monoisotopic (exact) mass is 503 g/mol. The van der Waals surface area contributed by atoms with Gasteiger partial charge in [0.15, 0.2) is 0 Å². The molecule has 196 valence electrons. The van der Waals surface area contributed by atoms with Gasteiger partial charge in [0.2, 0.25) is 5.88 Å². The normalized spacial score (nSPS) is 12.4. The van der Waals surface area contributed by atoms with Gasteiger partial charge in [-0.1, -0.05) is 44.2 Å². The average molecular weight is 504 g/mol. The van der Waals surface area contributed by atoms with Crippen molar-refractivity contribution < 1.29 is 19.0 Å². The lowest BCUT2D eigenvalue weighted by atomic mass is 10.2. The van der Waals surface area contributed by atoms with Crippen LogP contribution in [-0.4, -0.2) is 45.6 Å². The summed E-state index contributed by atoms with van der Waals surface area (Å²) in [7, 11) is 0. The Morgan fingerprint density at radius 2 is 1.78 bits per heavy atom. The highest BCUT2D eigenvalue weighted by molar-refractivity contribution is 5.43. The fraction of sp³-hybridized carbons (Fsp3) is 0.367. The molecular formula is C30H37N3O4. The lowest BCUT2D eigenvalue weighted by molar-refractivity contribution is 0.00448. The third-order valence-electron chi connectivity index (χ3n) is 5.91. The summed E-state index contributed by atoms with van der Waals surface area (Å²) in [5.74, 6) is 2.64. The molecule has 0 radical (unpaired) electrons. The van der Waals surface area contributed by atoms with Crippen LogP contribution in [-0.2, 0) is 17.8 Å². The predicted octanol–water partition coefficient (Wildman–Crippen LogP) is 5.91. The van der Waals surface area contributed by atoms with Gasteiger partial charge in [-0.15, -0.1) is 0 Å². The highest BCUT2D eigenvalue weighted by Gasteiger charge is 2.23. The molecule has 1 N–H and O–H groups in total. The molecule has 0 aliphatic rings. The summed E-state index contributed by atoms with van der Waals surface area (Å²) in [6.45, 7) is 10.6. The van der Waals surface area contributed by atoms with Crippen LogP contribution < -0.4 is 4.74 Å². The van der Waals surface area contributed by atoms with Crippen molar-refractivity contribution in [3.8, 4) is 17.3 Å². The number of nitrogens with zero attached hydrogens (tertiary/aromatic N) is 3. The molecule has 1 atom stereocenters. The van der Waals surface area contributed by atoms with E-state index < -0.39 is 6.10 Å². The SMILES string of the molecule is Cc1cccc(Oc2c(CN(Cc3ccco3)CC(O)COCC(C)C)c(C)nn2-c2ccccc2)c1. The molecule has 7 heteroatoms. The van der Waals surface area contributed by atoms with E-state index in [4.69, 9.17) is 19.0 Å². The number of rotatable bonds is 13. The van der Waals surface area contributed by atoms with E-state index in [2.05, 4.69) is 18.7 Å². The van der Waals surface area contributed by atoms with Crippen LogP contribution in [0.4, 0.5) is 0 Å². The zero-order valence-electron chi connectivity index (χ0n) is 22.1. The second kappa shape index (κ2) is 12.7. The Labute approximate surface area is 219 Å². The molecule has 0 fully saturated rings. The van der Waals surface area contributed by atoms with Crippen molar-refractivity contribution in [2.45, 2.75) is 46.9 Å². The van der Waals surface area contributed by atoms with Gasteiger partial charge in [0.05, 0.1) is 42.5 Å². The minimum absolute atomic E-state index is 0.280. The van der Waals surface area contributed by atoms with E-state index in [0.29, 0.717) is 38.0 Å². The van der Waals surface area contributed by atoms with E-state index in [1.807, 2.05) is 85.3 Å². The number of aliphatic hydroxyl groups is 1. The van der Waals surface area contributed by atoms with E-state index >= 15 is 0 Å². The van der Waals surface area contributed by atoms with Gasteiger partial charge >= 0.3 is 0 Å². The fourth-order valence-electron chi connectivity index (χ4n) is 4.18. The molecule has 0 aliphatic heterocycles. The molecular weight excluding hydrogens is 466 g/mol. The molecule has 2 aromatic carbocycles. The van der Waals surface area contributed by atoms with Crippen molar-refractivity contribution in [1.29, 1.82) is 0 Å². The minimum Gasteiger partial charge on any atom is -0.468 e. The maximum absolute atomic E-state index is 10.8. The van der Waals surface area contributed by atoms with Crippen molar-refractivity contribution in [2.75, 3.05) is 19.8 Å². The first kappa shape index (κ1) is 26.7. The van der Waals surface area contributed by atoms with E-state index in [1.165, 1.54) is 0 Å². The molecule has 37 heavy (non-hydrogen) atoms. The Kier molecular flexibility index (Phi) is 9.17. The lowest BCUT2D eigenvalue weighted by Gasteiger charge is -2.25. The molecule has 1 unspecified atom stereocenters. The number of ether oxygens (including phenoxy) is 2. The van der Waals surface area contributed by atoms with Gasteiger partial charge in [-0.05, 0) is 61.7 Å². The van der Waals surface area contributed by atoms with Crippen LogP contribution in [0.25, 0.3) is 5.69 Å². The first-order chi connectivity index (χ1) is 17.9. The maximum Gasteiger partial charge on any atom is 0.227 e. The molecule has 0 amide bonds. The second-order valence-electron chi connectivity index (χ2n) is 9.87. The van der Waals surface area contributed by atoms with Crippen molar-refractivity contribution in [3.05, 3.63) is 95.6 Å². The maximum atomic E-state index is 10.8. The standard InChI is InChI=1S/C30H37N3O4/c1-22(2)20-35-21-26(34)17-32(18-28-14-9-15-36-28)19-29-24(4)31-33(25-11-6-5-7-12-25)30(29)37-27-13-8-10-23(3)16-27/h5-16,22,26,34H,17-21H2,1-4H3. The number of para-hydroxylation sites is 1. The van der Waals surface area contributed by atoms with Crippen molar-refractivity contribution in [2.24, 2.45) is 5.92 Å². The van der Waals surface area contributed by atoms with Crippen LogP contribution in [0, 0.1) is 19.8 Å². The second-order valence-corrected chi connectivity index (χ2v) is 9.87. The summed E-state index contributed by atoms with van der Waals surface area (Å²) in [5.41, 5.74) is 3.85. The van der Waals surface area contributed by atoms with Crippen LogP contribution in [0.5, 0.6) is 11.6 Å². The Morgan fingerprint density at radius 3 is 2.49 bits per heavy atom. The number of benzene rings is 2. The number of furan rings is 1. The Bertz CT molecular complexity index is 1240. The highest BCUT2D eigenvalue weighted by atomic mass is 16.5. The third-order valence-corrected chi connectivity index (χ3v) is 5.91. The summed E-state index contributed by atoms with van der Waals surface area (Å²) < 4.78 is 19.7. The number of aromatic nitrogens is 2. The zero-order valence-corrected chi connectivity index (χ0v) is 22.1. The van der Waals surface area contributed by atoms with E-state index in [1.54, 1.807) is 6.26 Å². The third kappa shape index (κ3) is 7.55. The fourth-order valence-corrected chi connectivity index (χ4v) is 4.18. The van der Waals surface area contributed by atoms with Crippen molar-refractivity contribution >= 4 is 0 Å². The van der Waals surface area contributed by atoms with Gasteiger partial charge in [0, 0.05) is 19.7 Å². The van der Waals surface area contributed by atoms with E-state index in [-0.39, 0.29) is 6.61 Å². The summed E-state index contributed by atoms with van der Waals surface area (Å²) in [5, 5.41) is 15.6. The molecule has 0 saturated carbocycles. The van der Waals surface area contributed by atoms with Gasteiger partial charge in [-0.3, -0.25) is 4.90 Å². The molecule has 7 nitrogen and oxygen atoms in total. The average Bonchev–Trinajstić information content (AvgIpc) is 3.48. The largest absolute Gasteiger partial charge is 0.468 e. The quantitative estimate of drug-likeness (QED) is 0.245. The molecule has 2 aromatic heterocycles. The Balaban J connectivity index is 1.64. The van der Waals surface area contributed by atoms with Crippen molar-refractivity contribution in [3.63, 3.8) is 0 Å². The lowest BCUT2D eigenvalue weighted by Crippen LogP contribution is -2.34. The molecule has 0 aliphatic carbocycles. The molecule has 0 spiro atoms. The van der Waals surface area contributed by atoms with Gasteiger partial charge in [0.25, 0.3) is 0 Å². The Morgan fingerprint density at radius 1 is 0.973 bits per heavy atom. The number of aryl methyl sites for hydroxylation is 2. The molecule has 0 saturated heterocycles. The van der Waals surface area contributed by atoms with Crippen LogP contribution in [0.15, 0.2) is 77.4 Å². The van der Waals surface area contributed by atoms with Gasteiger partial charge in [0.1, 0.15) is 11.5 Å². The Hall–Kier alpha value is -3.39. The van der Waals surface area contributed by atoms with Crippen molar-refractivity contribution in [1.82, 2.24) is 14.7 Å². The smallest absolute Gasteiger partial charge is 0.227 e. The molecule has 2 heterocycles. The number of aliphatic hydroxyl groups excluding tert-OH is 1. The van der Waals surface area contributed by atoms with Crippen LogP contribution in [0.1, 0.15) is 36.4 Å². The first-order valence-corrected chi connectivity index (χ1v) is 12.8. The molecule has 4 aromatic rings. The van der Waals surface area contributed by atoms with Crippen LogP contribution in [0.3, 0.4) is 0 Å². The van der Waals surface area contributed by atoms with E-state index in [9.17, 15) is 5.11 Å². The van der Waals surface area contributed by atoms with Gasteiger partial charge < -0.3 is 19.0 Å². The van der Waals surface area contributed by atoms with E-state index in [0.717, 1.165) is 34.0 Å². The minimum atomic E-state index is -0.640. The van der Waals surface area contributed by atoms with Gasteiger partial charge in [-0.25, -0.2) is 4.68 Å². The number of hydrogen-bond donors (Lipinski definition) is 1. The predicted molar refractivity (Wildman–Crippen MR) is 144 cm³/mol. The molecule has 4 rings (SSSR count). The zero-order chi connectivity index (χ0) is 26.2.